The minimum atomic E-state index is 0.969. The summed E-state index contributed by atoms with van der Waals surface area (Å²) in [5.74, 6) is 0. The molecule has 9 aromatic rings. The van der Waals surface area contributed by atoms with Crippen LogP contribution in [0.4, 0.5) is 0 Å². The zero-order chi connectivity index (χ0) is 29.0. The van der Waals surface area contributed by atoms with E-state index in [4.69, 9.17) is 4.98 Å². The van der Waals surface area contributed by atoms with Crippen LogP contribution in [0.5, 0.6) is 0 Å². The molecule has 206 valence electrons. The average molecular weight is 579 g/mol. The molecular formula is C41H26N2S. The molecule has 0 saturated heterocycles. The van der Waals surface area contributed by atoms with E-state index in [0.717, 1.165) is 39.3 Å². The maximum Gasteiger partial charge on any atom is 0.0716 e. The molecule has 0 spiro atoms. The van der Waals surface area contributed by atoms with E-state index < -0.39 is 0 Å². The van der Waals surface area contributed by atoms with Crippen molar-refractivity contribution in [2.75, 3.05) is 0 Å². The number of pyridine rings is 1. The third-order valence-corrected chi connectivity index (χ3v) is 9.72. The van der Waals surface area contributed by atoms with Crippen molar-refractivity contribution < 1.29 is 0 Å². The zero-order valence-electron chi connectivity index (χ0n) is 23.8. The number of nitrogens with zero attached hydrogens (tertiary/aromatic N) is 2. The van der Waals surface area contributed by atoms with Gasteiger partial charge in [0.15, 0.2) is 0 Å². The van der Waals surface area contributed by atoms with Gasteiger partial charge in [0.1, 0.15) is 0 Å². The number of rotatable bonds is 4. The summed E-state index contributed by atoms with van der Waals surface area (Å²) in [6.45, 7) is 0. The molecule has 3 aromatic heterocycles. The first-order valence-electron chi connectivity index (χ1n) is 14.9. The van der Waals surface area contributed by atoms with E-state index >= 15 is 0 Å². The van der Waals surface area contributed by atoms with Crippen LogP contribution in [-0.2, 0) is 0 Å². The van der Waals surface area contributed by atoms with Crippen LogP contribution in [0.25, 0.3) is 81.3 Å². The Kier molecular flexibility index (Phi) is 5.71. The normalized spacial score (nSPS) is 11.6. The summed E-state index contributed by atoms with van der Waals surface area (Å²) in [5.41, 5.74) is 10.1. The Bertz CT molecular complexity index is 2450. The molecule has 0 saturated carbocycles. The molecule has 3 heterocycles. The lowest BCUT2D eigenvalue weighted by molar-refractivity contribution is 1.18. The zero-order valence-corrected chi connectivity index (χ0v) is 24.6. The van der Waals surface area contributed by atoms with Gasteiger partial charge in [-0.1, -0.05) is 109 Å². The largest absolute Gasteiger partial charge is 0.309 e. The van der Waals surface area contributed by atoms with Crippen molar-refractivity contribution in [2.45, 2.75) is 0 Å². The number of aromatic nitrogens is 2. The first-order valence-corrected chi connectivity index (χ1v) is 15.7. The SMILES string of the molecule is c1ccc(-c2cc(-c3cccc(-n4c5ccccc5c5ccccc54)c3)cc(-c3ccc4c(c3)sc3ccccc34)n2)cc1. The van der Waals surface area contributed by atoms with Crippen molar-refractivity contribution in [3.05, 3.63) is 158 Å². The van der Waals surface area contributed by atoms with Crippen LogP contribution in [0.3, 0.4) is 0 Å². The molecule has 3 heteroatoms. The molecule has 2 nitrogen and oxygen atoms in total. The minimum Gasteiger partial charge on any atom is -0.309 e. The standard InChI is InChI=1S/C41H26N2S/c1-2-11-27(12-3-1)36-24-30(25-37(42-36)29-21-22-35-34-17-6-9-20-40(34)44-41(35)26-29)28-13-10-14-31(23-28)43-38-18-7-4-15-32(38)33-16-5-8-19-39(33)43/h1-26H. The Labute approximate surface area is 259 Å². The molecule has 6 aromatic carbocycles. The first-order chi connectivity index (χ1) is 21.8. The fraction of sp³-hybridized carbons (Fsp3) is 0. The molecule has 0 atom stereocenters. The van der Waals surface area contributed by atoms with Crippen LogP contribution in [0.1, 0.15) is 0 Å². The Morgan fingerprint density at radius 2 is 1.00 bits per heavy atom. The lowest BCUT2D eigenvalue weighted by Crippen LogP contribution is -1.95. The van der Waals surface area contributed by atoms with Gasteiger partial charge < -0.3 is 4.57 Å². The van der Waals surface area contributed by atoms with Gasteiger partial charge in [0.25, 0.3) is 0 Å². The molecule has 9 rings (SSSR count). The maximum atomic E-state index is 5.21. The van der Waals surface area contributed by atoms with Gasteiger partial charge >= 0.3 is 0 Å². The third kappa shape index (κ3) is 4.05. The van der Waals surface area contributed by atoms with Crippen molar-refractivity contribution in [1.29, 1.82) is 0 Å². The molecule has 0 N–H and O–H groups in total. The predicted molar refractivity (Wildman–Crippen MR) is 188 cm³/mol. The van der Waals surface area contributed by atoms with E-state index in [9.17, 15) is 0 Å². The second-order valence-electron chi connectivity index (χ2n) is 11.2. The molecule has 0 aliphatic heterocycles. The van der Waals surface area contributed by atoms with E-state index in [2.05, 4.69) is 162 Å². The van der Waals surface area contributed by atoms with Crippen molar-refractivity contribution in [2.24, 2.45) is 0 Å². The highest BCUT2D eigenvalue weighted by molar-refractivity contribution is 7.25. The fourth-order valence-corrected chi connectivity index (χ4v) is 7.66. The van der Waals surface area contributed by atoms with Gasteiger partial charge in [0.2, 0.25) is 0 Å². The predicted octanol–water partition coefficient (Wildman–Crippen LogP) is 11.5. The Hall–Kier alpha value is -5.51. The quantitative estimate of drug-likeness (QED) is 0.203. The van der Waals surface area contributed by atoms with Crippen molar-refractivity contribution in [3.8, 4) is 39.3 Å². The summed E-state index contributed by atoms with van der Waals surface area (Å²) in [5, 5.41) is 5.14. The number of hydrogen-bond donors (Lipinski definition) is 0. The van der Waals surface area contributed by atoms with Crippen LogP contribution in [-0.4, -0.2) is 9.55 Å². The molecule has 0 aliphatic carbocycles. The molecule has 44 heavy (non-hydrogen) atoms. The van der Waals surface area contributed by atoms with Crippen molar-refractivity contribution in [1.82, 2.24) is 9.55 Å². The van der Waals surface area contributed by atoms with Gasteiger partial charge in [-0.25, -0.2) is 4.98 Å². The molecular weight excluding hydrogens is 553 g/mol. The molecule has 0 radical (unpaired) electrons. The van der Waals surface area contributed by atoms with Gasteiger partial charge in [0.05, 0.1) is 22.4 Å². The Morgan fingerprint density at radius 3 is 1.77 bits per heavy atom. The number of fused-ring (bicyclic) bond motifs is 6. The summed E-state index contributed by atoms with van der Waals surface area (Å²) in [6.07, 6.45) is 0. The van der Waals surface area contributed by atoms with Crippen LogP contribution in [0.15, 0.2) is 158 Å². The molecule has 0 aliphatic rings. The highest BCUT2D eigenvalue weighted by Crippen LogP contribution is 2.38. The second-order valence-corrected chi connectivity index (χ2v) is 12.3. The second kappa shape index (κ2) is 10.0. The first kappa shape index (κ1) is 25.0. The topological polar surface area (TPSA) is 17.8 Å². The smallest absolute Gasteiger partial charge is 0.0716 e. The van der Waals surface area contributed by atoms with Gasteiger partial charge in [-0.2, -0.15) is 0 Å². The number of benzene rings is 6. The highest BCUT2D eigenvalue weighted by Gasteiger charge is 2.14. The fourth-order valence-electron chi connectivity index (χ4n) is 6.51. The summed E-state index contributed by atoms with van der Waals surface area (Å²) in [6, 6.07) is 56.6. The lowest BCUT2D eigenvalue weighted by Gasteiger charge is -2.13. The summed E-state index contributed by atoms with van der Waals surface area (Å²) in [7, 11) is 0. The number of thiophene rings is 1. The Morgan fingerprint density at radius 1 is 0.386 bits per heavy atom. The minimum absolute atomic E-state index is 0.969. The average Bonchev–Trinajstić information content (AvgIpc) is 3.64. The highest BCUT2D eigenvalue weighted by atomic mass is 32.1. The molecule has 0 amide bonds. The summed E-state index contributed by atoms with van der Waals surface area (Å²) < 4.78 is 4.97. The molecule has 0 unspecified atom stereocenters. The van der Waals surface area contributed by atoms with Gasteiger partial charge in [-0.15, -0.1) is 11.3 Å². The van der Waals surface area contributed by atoms with Gasteiger partial charge in [-0.05, 0) is 59.7 Å². The lowest BCUT2D eigenvalue weighted by atomic mass is 9.99. The number of para-hydroxylation sites is 2. The van der Waals surface area contributed by atoms with Crippen LogP contribution >= 0.6 is 11.3 Å². The van der Waals surface area contributed by atoms with E-state index in [1.165, 1.54) is 42.0 Å². The number of hydrogen-bond acceptors (Lipinski definition) is 2. The summed E-state index contributed by atoms with van der Waals surface area (Å²) in [4.78, 5) is 5.21. The van der Waals surface area contributed by atoms with Crippen molar-refractivity contribution in [3.63, 3.8) is 0 Å². The maximum absolute atomic E-state index is 5.21. The third-order valence-electron chi connectivity index (χ3n) is 8.59. The van der Waals surface area contributed by atoms with E-state index in [-0.39, 0.29) is 0 Å². The molecule has 0 bridgehead atoms. The van der Waals surface area contributed by atoms with Gasteiger partial charge in [0, 0.05) is 47.8 Å². The Balaban J connectivity index is 1.24. The van der Waals surface area contributed by atoms with Crippen molar-refractivity contribution >= 4 is 53.3 Å². The van der Waals surface area contributed by atoms with Crippen LogP contribution in [0.2, 0.25) is 0 Å². The molecule has 0 fully saturated rings. The monoisotopic (exact) mass is 578 g/mol. The van der Waals surface area contributed by atoms with E-state index in [1.54, 1.807) is 0 Å². The van der Waals surface area contributed by atoms with E-state index in [0.29, 0.717) is 0 Å². The van der Waals surface area contributed by atoms with Gasteiger partial charge in [-0.3, -0.25) is 0 Å². The summed E-state index contributed by atoms with van der Waals surface area (Å²) >= 11 is 1.84. The van der Waals surface area contributed by atoms with Crippen LogP contribution in [0, 0.1) is 0 Å². The van der Waals surface area contributed by atoms with E-state index in [1.807, 2.05) is 11.3 Å². The van der Waals surface area contributed by atoms with Crippen LogP contribution < -0.4 is 0 Å².